The molecule has 1 heterocycles. The smallest absolute Gasteiger partial charge is 0.291 e. The zero-order chi connectivity index (χ0) is 23.2. The first kappa shape index (κ1) is 23.0. The third-order valence-corrected chi connectivity index (χ3v) is 6.31. The zero-order valence-electron chi connectivity index (χ0n) is 16.2. The number of halogens is 5. The quantitative estimate of drug-likeness (QED) is 0.310. The molecule has 5 nitrogen and oxygen atoms in total. The molecule has 3 rings (SSSR count). The van der Waals surface area contributed by atoms with Gasteiger partial charge in [-0.15, -0.1) is 0 Å². The maximum atomic E-state index is 14.0. The van der Waals surface area contributed by atoms with E-state index in [4.69, 9.17) is 13.3 Å². The summed E-state index contributed by atoms with van der Waals surface area (Å²) < 4.78 is 94.8. The highest BCUT2D eigenvalue weighted by molar-refractivity contribution is 7.92. The normalized spacial score (nSPS) is 20.8. The number of amidine groups is 1. The Balaban J connectivity index is 1.94. The Bertz CT molecular complexity index is 1090. The van der Waals surface area contributed by atoms with Crippen molar-refractivity contribution in [3.8, 4) is 0 Å². The van der Waals surface area contributed by atoms with Crippen molar-refractivity contribution < 1.29 is 30.4 Å². The average molecular weight is 457 g/mol. The molecule has 2 radical (unpaired) electrons. The largest absolute Gasteiger partial charge is 0.348 e. The number of nitrogens with zero attached hydrogens (tertiary/aromatic N) is 1. The predicted molar refractivity (Wildman–Crippen MR) is 106 cm³/mol. The summed E-state index contributed by atoms with van der Waals surface area (Å²) in [6.07, 6.45) is -2.77. The van der Waals surface area contributed by atoms with Crippen molar-refractivity contribution in [2.45, 2.75) is 29.7 Å². The lowest BCUT2D eigenvalue weighted by Gasteiger charge is -2.23. The molecular weight excluding hydrogens is 440 g/mol. The third kappa shape index (κ3) is 4.39. The van der Waals surface area contributed by atoms with Crippen LogP contribution >= 0.6 is 0 Å². The van der Waals surface area contributed by atoms with E-state index in [1.807, 2.05) is 0 Å². The molecule has 1 aliphatic rings. The highest BCUT2D eigenvalue weighted by Crippen LogP contribution is 2.39. The van der Waals surface area contributed by atoms with Crippen molar-refractivity contribution in [3.63, 3.8) is 0 Å². The molecule has 0 saturated carbocycles. The molecule has 1 atom stereocenters. The van der Waals surface area contributed by atoms with Crippen LogP contribution in [0.15, 0.2) is 47.4 Å². The number of aryl methyl sites for hydroxylation is 1. The van der Waals surface area contributed by atoms with Crippen LogP contribution in [-0.4, -0.2) is 51.6 Å². The predicted octanol–water partition coefficient (Wildman–Crippen LogP) is 3.84. The molecule has 1 aliphatic heterocycles. The number of hydrogen-bond acceptors (Lipinski definition) is 3. The summed E-state index contributed by atoms with van der Waals surface area (Å²) in [6, 6.07) is 8.24. The lowest BCUT2D eigenvalue weighted by Crippen LogP contribution is -2.43. The number of sulfonamides is 1. The van der Waals surface area contributed by atoms with Gasteiger partial charge in [0.15, 0.2) is 0 Å². The first-order valence-corrected chi connectivity index (χ1v) is 10.4. The number of rotatable bonds is 5. The molecule has 164 valence electrons. The van der Waals surface area contributed by atoms with Gasteiger partial charge in [0.1, 0.15) is 19.3 Å². The van der Waals surface area contributed by atoms with Gasteiger partial charge in [0.2, 0.25) is 0 Å². The molecule has 1 unspecified atom stereocenters. The van der Waals surface area contributed by atoms with E-state index in [2.05, 4.69) is 4.72 Å². The van der Waals surface area contributed by atoms with Crippen molar-refractivity contribution in [1.82, 2.24) is 4.90 Å². The van der Waals surface area contributed by atoms with Gasteiger partial charge in [-0.2, -0.15) is 0 Å². The Hall–Kier alpha value is -2.63. The van der Waals surface area contributed by atoms with Gasteiger partial charge in [-0.3, -0.25) is 10.1 Å². The van der Waals surface area contributed by atoms with Crippen LogP contribution in [0, 0.1) is 12.3 Å². The Morgan fingerprint density at radius 1 is 1.13 bits per heavy atom. The Morgan fingerprint density at radius 3 is 2.26 bits per heavy atom. The van der Waals surface area contributed by atoms with E-state index < -0.39 is 46.9 Å². The number of nitrogens with one attached hydrogen (secondary N) is 2. The summed E-state index contributed by atoms with van der Waals surface area (Å²) in [6.45, 7) is -0.568. The highest BCUT2D eigenvalue weighted by Gasteiger charge is 2.58. The van der Waals surface area contributed by atoms with Crippen LogP contribution in [-0.2, 0) is 10.0 Å². The fourth-order valence-corrected chi connectivity index (χ4v) is 4.27. The number of hydrogen-bond donors (Lipinski definition) is 2. The van der Waals surface area contributed by atoms with E-state index in [1.165, 1.54) is 25.1 Å². The molecule has 2 aromatic rings. The van der Waals surface area contributed by atoms with Gasteiger partial charge in [0, 0.05) is 11.1 Å². The van der Waals surface area contributed by atoms with Crippen LogP contribution in [0.5, 0.6) is 0 Å². The maximum absolute atomic E-state index is 14.0. The van der Waals surface area contributed by atoms with Crippen LogP contribution in [0.4, 0.5) is 27.6 Å². The number of alkyl halides is 5. The molecular formula is C19H17BF5N3O2S. The zero-order valence-corrected chi connectivity index (χ0v) is 17.0. The topological polar surface area (TPSA) is 73.3 Å². The molecule has 0 aliphatic carbocycles. The summed E-state index contributed by atoms with van der Waals surface area (Å²) >= 11 is 0. The minimum atomic E-state index is -4.25. The number of anilines is 1. The van der Waals surface area contributed by atoms with E-state index in [-0.39, 0.29) is 21.7 Å². The monoisotopic (exact) mass is 457 g/mol. The summed E-state index contributed by atoms with van der Waals surface area (Å²) in [5.74, 6) is -4.43. The minimum Gasteiger partial charge on any atom is -0.348 e. The van der Waals surface area contributed by atoms with Crippen molar-refractivity contribution in [2.75, 3.05) is 17.8 Å². The SMILES string of the molecule is [B]C1(F)CN(C(=N)c2c(C)cccc2NS(=O)(=O)c2ccc(C(F)F)cc2)CC1(F)F. The van der Waals surface area contributed by atoms with Crippen LogP contribution in [0.3, 0.4) is 0 Å². The molecule has 12 heteroatoms. The number of benzene rings is 2. The van der Waals surface area contributed by atoms with Gasteiger partial charge in [0.05, 0.1) is 23.7 Å². The standard InChI is InChI=1S/C19H17BF5N3O2S/c1-11-3-2-4-14(15(11)17(26)28-9-18(20,23)19(24,25)10-28)27-31(29,30)13-7-5-12(6-8-13)16(21)22/h2-8,16,26-27H,9-10H2,1H3. The molecule has 2 aromatic carbocycles. The first-order valence-electron chi connectivity index (χ1n) is 8.95. The van der Waals surface area contributed by atoms with Crippen molar-refractivity contribution in [2.24, 2.45) is 0 Å². The second-order valence-electron chi connectivity index (χ2n) is 7.24. The number of likely N-dealkylation sites (tertiary alicyclic amines) is 1. The minimum absolute atomic E-state index is 0.0382. The average Bonchev–Trinajstić information content (AvgIpc) is 2.88. The van der Waals surface area contributed by atoms with E-state index in [1.54, 1.807) is 0 Å². The van der Waals surface area contributed by atoms with E-state index in [9.17, 15) is 30.4 Å². The van der Waals surface area contributed by atoms with Crippen LogP contribution < -0.4 is 4.72 Å². The van der Waals surface area contributed by atoms with Crippen LogP contribution in [0.1, 0.15) is 23.1 Å². The highest BCUT2D eigenvalue weighted by atomic mass is 32.2. The lowest BCUT2D eigenvalue weighted by atomic mass is 9.80. The Morgan fingerprint density at radius 2 is 1.74 bits per heavy atom. The van der Waals surface area contributed by atoms with E-state index in [0.717, 1.165) is 29.2 Å². The van der Waals surface area contributed by atoms with Gasteiger partial charge >= 0.3 is 0 Å². The van der Waals surface area contributed by atoms with Crippen LogP contribution in [0.25, 0.3) is 0 Å². The summed E-state index contributed by atoms with van der Waals surface area (Å²) in [5, 5.41) is 8.30. The third-order valence-electron chi connectivity index (χ3n) is 4.93. The summed E-state index contributed by atoms with van der Waals surface area (Å²) in [4.78, 5) is 0.422. The lowest BCUT2D eigenvalue weighted by molar-refractivity contribution is -0.0587. The van der Waals surface area contributed by atoms with Crippen molar-refractivity contribution >= 4 is 29.4 Å². The Labute approximate surface area is 177 Å². The van der Waals surface area contributed by atoms with Crippen molar-refractivity contribution in [1.29, 1.82) is 5.41 Å². The second kappa shape index (κ2) is 7.81. The fraction of sp³-hybridized carbons (Fsp3) is 0.316. The maximum Gasteiger partial charge on any atom is 0.291 e. The Kier molecular flexibility index (Phi) is 5.81. The fourth-order valence-electron chi connectivity index (χ4n) is 3.20. The second-order valence-corrected chi connectivity index (χ2v) is 8.93. The van der Waals surface area contributed by atoms with Gasteiger partial charge in [-0.25, -0.2) is 30.4 Å². The molecule has 0 aromatic heterocycles. The van der Waals surface area contributed by atoms with Gasteiger partial charge in [0.25, 0.3) is 22.4 Å². The summed E-state index contributed by atoms with van der Waals surface area (Å²) in [7, 11) is 0.774. The van der Waals surface area contributed by atoms with Gasteiger partial charge in [-0.05, 0) is 30.7 Å². The molecule has 0 spiro atoms. The first-order chi connectivity index (χ1) is 14.2. The molecule has 0 bridgehead atoms. The van der Waals surface area contributed by atoms with E-state index in [0.29, 0.717) is 5.56 Å². The molecule has 31 heavy (non-hydrogen) atoms. The van der Waals surface area contributed by atoms with Gasteiger partial charge < -0.3 is 4.90 Å². The molecule has 2 N–H and O–H groups in total. The van der Waals surface area contributed by atoms with Crippen molar-refractivity contribution in [3.05, 3.63) is 59.2 Å². The summed E-state index contributed by atoms with van der Waals surface area (Å²) in [5.41, 5.74) is -3.48. The molecule has 1 saturated heterocycles. The van der Waals surface area contributed by atoms with Crippen LogP contribution in [0.2, 0.25) is 0 Å². The van der Waals surface area contributed by atoms with Gasteiger partial charge in [-0.1, -0.05) is 24.3 Å². The van der Waals surface area contributed by atoms with E-state index >= 15 is 0 Å². The molecule has 1 fully saturated rings. The molecule has 0 amide bonds.